The first kappa shape index (κ1) is 23.3. The van der Waals surface area contributed by atoms with Crippen molar-refractivity contribution in [2.75, 3.05) is 30.1 Å². The first-order chi connectivity index (χ1) is 14.3. The number of hydrogen-bond donors (Lipinski definition) is 2. The Kier molecular flexibility index (Phi) is 8.73. The van der Waals surface area contributed by atoms with Gasteiger partial charge < -0.3 is 20.1 Å². The second-order valence-electron chi connectivity index (χ2n) is 6.65. The number of carbonyl (C=O) groups is 3. The second-order valence-corrected chi connectivity index (χ2v) is 7.82. The molecule has 2 aromatic carbocycles. The Morgan fingerprint density at radius 1 is 1.00 bits per heavy atom. The van der Waals surface area contributed by atoms with E-state index in [9.17, 15) is 14.4 Å². The van der Waals surface area contributed by atoms with E-state index in [-0.39, 0.29) is 12.3 Å². The summed E-state index contributed by atoms with van der Waals surface area (Å²) < 4.78 is 10.3. The molecule has 8 heteroatoms. The van der Waals surface area contributed by atoms with Crippen LogP contribution in [0.3, 0.4) is 0 Å². The van der Waals surface area contributed by atoms with Crippen LogP contribution in [-0.2, 0) is 19.1 Å². The molecule has 7 nitrogen and oxygen atoms in total. The lowest BCUT2D eigenvalue weighted by Gasteiger charge is -2.12. The molecule has 0 aliphatic heterocycles. The number of benzene rings is 2. The van der Waals surface area contributed by atoms with Crippen molar-refractivity contribution in [1.29, 1.82) is 0 Å². The van der Waals surface area contributed by atoms with Crippen molar-refractivity contribution in [1.82, 2.24) is 0 Å². The zero-order chi connectivity index (χ0) is 22.1. The number of carbonyl (C=O) groups excluding carboxylic acids is 3. The third-order valence-corrected chi connectivity index (χ3v) is 5.21. The van der Waals surface area contributed by atoms with Gasteiger partial charge in [0, 0.05) is 23.3 Å². The number of esters is 1. The zero-order valence-electron chi connectivity index (χ0n) is 17.5. The van der Waals surface area contributed by atoms with Gasteiger partial charge in [-0.1, -0.05) is 6.07 Å². The van der Waals surface area contributed by atoms with Gasteiger partial charge in [-0.3, -0.25) is 14.4 Å². The van der Waals surface area contributed by atoms with E-state index in [1.165, 1.54) is 25.2 Å². The van der Waals surface area contributed by atoms with Crippen LogP contribution >= 0.6 is 11.8 Å². The molecule has 160 valence electrons. The largest absolute Gasteiger partial charge is 0.495 e. The molecule has 2 N–H and O–H groups in total. The minimum absolute atomic E-state index is 0.201. The summed E-state index contributed by atoms with van der Waals surface area (Å²) in [4.78, 5) is 36.4. The fourth-order valence-electron chi connectivity index (χ4n) is 2.55. The van der Waals surface area contributed by atoms with Gasteiger partial charge >= 0.3 is 5.97 Å². The maximum atomic E-state index is 12.1. The van der Waals surface area contributed by atoms with Crippen LogP contribution in [0.15, 0.2) is 41.3 Å². The molecule has 0 radical (unpaired) electrons. The van der Waals surface area contributed by atoms with Crippen LogP contribution in [-0.4, -0.2) is 37.3 Å². The van der Waals surface area contributed by atoms with Crippen LogP contribution in [0.4, 0.5) is 11.4 Å². The highest BCUT2D eigenvalue weighted by Crippen LogP contribution is 2.28. The van der Waals surface area contributed by atoms with Crippen LogP contribution in [0.5, 0.6) is 5.75 Å². The fourth-order valence-corrected chi connectivity index (χ4v) is 3.48. The van der Waals surface area contributed by atoms with Crippen LogP contribution in [0.2, 0.25) is 0 Å². The van der Waals surface area contributed by atoms with Gasteiger partial charge in [0.1, 0.15) is 5.75 Å². The highest BCUT2D eigenvalue weighted by Gasteiger charge is 2.12. The standard InChI is InChI=1S/C22H26N2O5S/c1-14-5-7-18(11-15(14)2)30-10-9-22(27)29-13-21(26)24-19-12-17(23-16(3)25)6-8-20(19)28-4/h5-8,11-12H,9-10,13H2,1-4H3,(H,23,25)(H,24,26). The summed E-state index contributed by atoms with van der Waals surface area (Å²) in [5.41, 5.74) is 3.32. The van der Waals surface area contributed by atoms with Gasteiger partial charge in [-0.05, 0) is 55.3 Å². The maximum absolute atomic E-state index is 12.1. The average Bonchev–Trinajstić information content (AvgIpc) is 2.69. The van der Waals surface area contributed by atoms with Crippen molar-refractivity contribution < 1.29 is 23.9 Å². The summed E-state index contributed by atoms with van der Waals surface area (Å²) in [6.45, 7) is 5.09. The lowest BCUT2D eigenvalue weighted by Crippen LogP contribution is -2.21. The van der Waals surface area contributed by atoms with Gasteiger partial charge in [-0.2, -0.15) is 0 Å². The van der Waals surface area contributed by atoms with Gasteiger partial charge in [0.25, 0.3) is 5.91 Å². The Morgan fingerprint density at radius 3 is 2.43 bits per heavy atom. The number of hydrogen-bond acceptors (Lipinski definition) is 6. The molecule has 0 spiro atoms. The van der Waals surface area contributed by atoms with Crippen molar-refractivity contribution in [3.05, 3.63) is 47.5 Å². The number of methoxy groups -OCH3 is 1. The van der Waals surface area contributed by atoms with Gasteiger partial charge in [0.2, 0.25) is 5.91 Å². The Bertz CT molecular complexity index is 930. The fraction of sp³-hybridized carbons (Fsp3) is 0.318. The van der Waals surface area contributed by atoms with E-state index in [1.807, 2.05) is 13.0 Å². The normalized spacial score (nSPS) is 10.3. The average molecular weight is 431 g/mol. The second kappa shape index (κ2) is 11.3. The highest BCUT2D eigenvalue weighted by molar-refractivity contribution is 7.99. The Labute approximate surface area is 180 Å². The van der Waals surface area contributed by atoms with E-state index < -0.39 is 18.5 Å². The number of rotatable bonds is 9. The smallest absolute Gasteiger partial charge is 0.307 e. The molecule has 0 aliphatic carbocycles. The molecule has 0 bridgehead atoms. The number of ether oxygens (including phenoxy) is 2. The summed E-state index contributed by atoms with van der Waals surface area (Å²) in [7, 11) is 1.47. The summed E-state index contributed by atoms with van der Waals surface area (Å²) in [5, 5.41) is 5.26. The Balaban J connectivity index is 1.80. The molecule has 2 rings (SSSR count). The molecule has 0 aliphatic rings. The van der Waals surface area contributed by atoms with Crippen molar-refractivity contribution in [2.45, 2.75) is 32.1 Å². The quantitative estimate of drug-likeness (QED) is 0.462. The number of nitrogens with one attached hydrogen (secondary N) is 2. The predicted molar refractivity (Wildman–Crippen MR) is 118 cm³/mol. The van der Waals surface area contributed by atoms with Gasteiger partial charge in [-0.25, -0.2) is 0 Å². The number of thioether (sulfide) groups is 1. The zero-order valence-corrected chi connectivity index (χ0v) is 18.4. The number of amides is 2. The number of aryl methyl sites for hydroxylation is 2. The first-order valence-corrected chi connectivity index (χ1v) is 10.4. The van der Waals surface area contributed by atoms with E-state index >= 15 is 0 Å². The molecule has 2 aromatic rings. The lowest BCUT2D eigenvalue weighted by molar-refractivity contribution is -0.146. The summed E-state index contributed by atoms with van der Waals surface area (Å²) in [5.74, 6) is -0.183. The summed E-state index contributed by atoms with van der Waals surface area (Å²) in [6.07, 6.45) is 0.201. The Hall–Kier alpha value is -3.00. The van der Waals surface area contributed by atoms with E-state index in [1.54, 1.807) is 30.0 Å². The SMILES string of the molecule is COc1ccc(NC(C)=O)cc1NC(=O)COC(=O)CCSc1ccc(C)c(C)c1. The summed E-state index contributed by atoms with van der Waals surface area (Å²) >= 11 is 1.57. The van der Waals surface area contributed by atoms with Gasteiger partial charge in [-0.15, -0.1) is 11.8 Å². The topological polar surface area (TPSA) is 93.7 Å². The van der Waals surface area contributed by atoms with Gasteiger partial charge in [0.05, 0.1) is 19.2 Å². The molecule has 0 saturated carbocycles. The summed E-state index contributed by atoms with van der Waals surface area (Å²) in [6, 6.07) is 11.0. The minimum atomic E-state index is -0.497. The monoisotopic (exact) mass is 430 g/mol. The molecule has 0 unspecified atom stereocenters. The van der Waals surface area contributed by atoms with Crippen molar-refractivity contribution in [2.24, 2.45) is 0 Å². The molecular weight excluding hydrogens is 404 g/mol. The number of anilines is 2. The van der Waals surface area contributed by atoms with Gasteiger partial charge in [0.15, 0.2) is 6.61 Å². The molecule has 0 saturated heterocycles. The molecule has 0 aromatic heterocycles. The van der Waals surface area contributed by atoms with Crippen LogP contribution in [0, 0.1) is 13.8 Å². The van der Waals surface area contributed by atoms with E-state index in [0.29, 0.717) is 22.9 Å². The van der Waals surface area contributed by atoms with Crippen molar-refractivity contribution in [3.63, 3.8) is 0 Å². The third-order valence-electron chi connectivity index (χ3n) is 4.21. The predicted octanol–water partition coefficient (Wildman–Crippen LogP) is 3.93. The van der Waals surface area contributed by atoms with E-state index in [2.05, 4.69) is 29.7 Å². The van der Waals surface area contributed by atoms with Crippen LogP contribution in [0.25, 0.3) is 0 Å². The highest BCUT2D eigenvalue weighted by atomic mass is 32.2. The molecule has 0 heterocycles. The molecule has 30 heavy (non-hydrogen) atoms. The Morgan fingerprint density at radius 2 is 1.77 bits per heavy atom. The van der Waals surface area contributed by atoms with Crippen LogP contribution in [0.1, 0.15) is 24.5 Å². The third kappa shape index (κ3) is 7.44. The molecule has 0 atom stereocenters. The first-order valence-electron chi connectivity index (χ1n) is 9.39. The molecule has 2 amide bonds. The lowest BCUT2D eigenvalue weighted by atomic mass is 10.1. The van der Waals surface area contributed by atoms with Crippen LogP contribution < -0.4 is 15.4 Å². The maximum Gasteiger partial charge on any atom is 0.307 e. The minimum Gasteiger partial charge on any atom is -0.495 e. The van der Waals surface area contributed by atoms with E-state index in [4.69, 9.17) is 9.47 Å². The van der Waals surface area contributed by atoms with Crippen molar-refractivity contribution >= 4 is 40.9 Å². The molecular formula is C22H26N2O5S. The van der Waals surface area contributed by atoms with Crippen molar-refractivity contribution in [3.8, 4) is 5.75 Å². The van der Waals surface area contributed by atoms with E-state index in [0.717, 1.165) is 4.90 Å². The molecule has 0 fully saturated rings.